The molecular formula is C47H52O9P2. The largest absolute Gasteiger partial charge is 0.508 e. The van der Waals surface area contributed by atoms with Crippen molar-refractivity contribution in [1.82, 2.24) is 0 Å². The van der Waals surface area contributed by atoms with Gasteiger partial charge in [-0.2, -0.15) is 4.31 Å². The van der Waals surface area contributed by atoms with E-state index >= 15 is 0 Å². The minimum atomic E-state index is -5.05. The van der Waals surface area contributed by atoms with E-state index in [0.29, 0.717) is 5.75 Å². The van der Waals surface area contributed by atoms with Gasteiger partial charge < -0.3 is 29.8 Å². The number of benzene rings is 6. The number of hydrogen-bond donors (Lipinski definition) is 6. The van der Waals surface area contributed by atoms with Crippen LogP contribution in [0.5, 0.6) is 11.5 Å². The van der Waals surface area contributed by atoms with E-state index in [1.165, 1.54) is 33.4 Å². The molecule has 0 aliphatic carbocycles. The molecule has 0 amide bonds. The number of hydrogen-bond acceptors (Lipinski definition) is 5. The Bertz CT molecular complexity index is 2470. The number of rotatable bonds is 8. The lowest BCUT2D eigenvalue weighted by atomic mass is 9.67. The van der Waals surface area contributed by atoms with Crippen LogP contribution in [0.4, 0.5) is 0 Å². The van der Waals surface area contributed by atoms with Crippen LogP contribution >= 0.6 is 15.6 Å². The monoisotopic (exact) mass is 822 g/mol. The molecule has 0 bridgehead atoms. The molecule has 0 radical (unpaired) electrons. The van der Waals surface area contributed by atoms with Gasteiger partial charge in [-0.05, 0) is 157 Å². The molecule has 0 aromatic heterocycles. The second kappa shape index (κ2) is 16.8. The number of phenols is 2. The Morgan fingerprint density at radius 1 is 0.448 bits per heavy atom. The van der Waals surface area contributed by atoms with Crippen molar-refractivity contribution in [2.75, 3.05) is 0 Å². The maximum absolute atomic E-state index is 13.2. The van der Waals surface area contributed by atoms with Crippen LogP contribution in [0, 0.1) is 55.4 Å². The number of phenolic OH excluding ortho intramolecular Hbond substituents is 2. The highest BCUT2D eigenvalue weighted by Crippen LogP contribution is 2.58. The molecule has 0 atom stereocenters. The fraction of sp³-hybridized carbons (Fsp3) is 0.234. The van der Waals surface area contributed by atoms with Crippen molar-refractivity contribution in [1.29, 1.82) is 0 Å². The summed E-state index contributed by atoms with van der Waals surface area (Å²) in [7, 11) is -10.1. The highest BCUT2D eigenvalue weighted by molar-refractivity contribution is 7.60. The minimum Gasteiger partial charge on any atom is -0.508 e. The van der Waals surface area contributed by atoms with Crippen LogP contribution in [0.3, 0.4) is 0 Å². The molecule has 0 spiro atoms. The highest BCUT2D eigenvalue weighted by atomic mass is 31.3. The normalized spacial score (nSPS) is 12.0. The minimum absolute atomic E-state index is 0.238. The van der Waals surface area contributed by atoms with E-state index < -0.39 is 21.1 Å². The molecule has 6 aromatic rings. The standard InChI is InChI=1S/C47H48O2.H4O7P2/c1-27-15-11-19-37(31(27)5)41-43(39-21-13-17-29(3)33(39)7)46(49)44(40-22-14-18-30(4)34(40)8)42(38-20-12-16-28(2)32(38)6)45(41)47(9,10)35-23-25-36(48)26-24-35;1-8(2,3)7-9(4,5)6/h11-26,48-49H,1-10H3;(H2,1,2,3)(H2,4,5,6). The first kappa shape index (κ1) is 44.3. The second-order valence-electron chi connectivity index (χ2n) is 15.4. The molecule has 0 saturated carbocycles. The molecule has 0 saturated heterocycles. The van der Waals surface area contributed by atoms with Gasteiger partial charge in [-0.3, -0.25) is 0 Å². The molecule has 0 heterocycles. The van der Waals surface area contributed by atoms with E-state index in [4.69, 9.17) is 19.6 Å². The topological polar surface area (TPSA) is 165 Å². The van der Waals surface area contributed by atoms with Crippen molar-refractivity contribution < 1.29 is 43.2 Å². The summed E-state index contributed by atoms with van der Waals surface area (Å²) in [6.07, 6.45) is 0. The number of phosphoric acid groups is 2. The van der Waals surface area contributed by atoms with Crippen LogP contribution in [-0.2, 0) is 18.9 Å². The maximum atomic E-state index is 13.2. The van der Waals surface area contributed by atoms with Gasteiger partial charge in [0.25, 0.3) is 0 Å². The third-order valence-electron chi connectivity index (χ3n) is 11.4. The van der Waals surface area contributed by atoms with Gasteiger partial charge in [-0.1, -0.05) is 98.8 Å². The highest BCUT2D eigenvalue weighted by Gasteiger charge is 2.37. The third kappa shape index (κ3) is 9.07. The molecule has 11 heteroatoms. The summed E-state index contributed by atoms with van der Waals surface area (Å²) in [6.45, 7) is 21.9. The van der Waals surface area contributed by atoms with Crippen LogP contribution in [0.25, 0.3) is 44.5 Å². The van der Waals surface area contributed by atoms with E-state index in [1.807, 2.05) is 12.1 Å². The predicted molar refractivity (Wildman–Crippen MR) is 233 cm³/mol. The van der Waals surface area contributed by atoms with Crippen molar-refractivity contribution in [2.45, 2.75) is 74.7 Å². The van der Waals surface area contributed by atoms with Gasteiger partial charge in [0, 0.05) is 16.5 Å². The van der Waals surface area contributed by atoms with Crippen molar-refractivity contribution in [2.24, 2.45) is 0 Å². The molecule has 58 heavy (non-hydrogen) atoms. The molecule has 0 fully saturated rings. The van der Waals surface area contributed by atoms with Crippen LogP contribution in [0.15, 0.2) is 97.1 Å². The van der Waals surface area contributed by atoms with Crippen LogP contribution in [0.1, 0.15) is 69.5 Å². The van der Waals surface area contributed by atoms with Crippen LogP contribution in [-0.4, -0.2) is 29.8 Å². The van der Waals surface area contributed by atoms with Crippen molar-refractivity contribution >= 4 is 15.6 Å². The Balaban J connectivity index is 0.000000637. The fourth-order valence-electron chi connectivity index (χ4n) is 7.67. The second-order valence-corrected chi connectivity index (χ2v) is 18.1. The Kier molecular flexibility index (Phi) is 12.8. The lowest BCUT2D eigenvalue weighted by Gasteiger charge is -2.36. The van der Waals surface area contributed by atoms with Crippen LogP contribution in [0.2, 0.25) is 0 Å². The lowest BCUT2D eigenvalue weighted by molar-refractivity contribution is 0.225. The average molecular weight is 823 g/mol. The molecule has 304 valence electrons. The quantitative estimate of drug-likeness (QED) is 0.0820. The first-order chi connectivity index (χ1) is 27.0. The summed E-state index contributed by atoms with van der Waals surface area (Å²) < 4.78 is 22.2. The summed E-state index contributed by atoms with van der Waals surface area (Å²) in [5.74, 6) is 0.529. The van der Waals surface area contributed by atoms with Gasteiger partial charge in [0.05, 0.1) is 0 Å². The Labute approximate surface area is 341 Å². The third-order valence-corrected chi connectivity index (χ3v) is 13.1. The molecule has 0 aliphatic heterocycles. The van der Waals surface area contributed by atoms with E-state index in [0.717, 1.165) is 66.8 Å². The molecule has 6 aromatic carbocycles. The SMILES string of the molecule is Cc1cccc(-c2c(O)c(-c3cccc(C)c3C)c(-c3cccc(C)c3C)c(C(C)(C)c3ccc(O)cc3)c2-c2cccc(C)c2C)c1C.O=P(O)(O)OP(=O)(O)O. The van der Waals surface area contributed by atoms with Crippen molar-refractivity contribution in [3.63, 3.8) is 0 Å². The van der Waals surface area contributed by atoms with Gasteiger partial charge in [0.2, 0.25) is 0 Å². The van der Waals surface area contributed by atoms with E-state index in [2.05, 4.69) is 146 Å². The zero-order chi connectivity index (χ0) is 43.1. The smallest absolute Gasteiger partial charge is 0.478 e. The number of aromatic hydroxyl groups is 2. The molecule has 6 rings (SSSR count). The zero-order valence-corrected chi connectivity index (χ0v) is 36.3. The van der Waals surface area contributed by atoms with Crippen LogP contribution < -0.4 is 0 Å². The van der Waals surface area contributed by atoms with Gasteiger partial charge in [-0.25, -0.2) is 9.13 Å². The zero-order valence-electron chi connectivity index (χ0n) is 34.5. The van der Waals surface area contributed by atoms with Gasteiger partial charge in [0.15, 0.2) is 0 Å². The molecule has 6 N–H and O–H groups in total. The summed E-state index contributed by atoms with van der Waals surface area (Å²) in [5, 5.41) is 23.6. The Morgan fingerprint density at radius 2 is 0.741 bits per heavy atom. The van der Waals surface area contributed by atoms with Gasteiger partial charge in [-0.15, -0.1) is 0 Å². The summed E-state index contributed by atoms with van der Waals surface area (Å²) >= 11 is 0. The Morgan fingerprint density at radius 3 is 1.02 bits per heavy atom. The molecule has 0 unspecified atom stereocenters. The van der Waals surface area contributed by atoms with Gasteiger partial charge >= 0.3 is 15.6 Å². The summed E-state index contributed by atoms with van der Waals surface area (Å²) in [5.41, 5.74) is 19.1. The maximum Gasteiger partial charge on any atom is 0.478 e. The summed E-state index contributed by atoms with van der Waals surface area (Å²) in [6, 6.07) is 33.5. The first-order valence-electron chi connectivity index (χ1n) is 18.8. The average Bonchev–Trinajstić information content (AvgIpc) is 3.12. The van der Waals surface area contributed by atoms with E-state index in [9.17, 15) is 19.3 Å². The lowest BCUT2D eigenvalue weighted by Crippen LogP contribution is -2.23. The Hall–Kier alpha value is -4.82. The van der Waals surface area contributed by atoms with Crippen molar-refractivity contribution in [3.8, 4) is 56.0 Å². The molecular weight excluding hydrogens is 770 g/mol. The predicted octanol–water partition coefficient (Wildman–Crippen LogP) is 11.7. The van der Waals surface area contributed by atoms with E-state index in [-0.39, 0.29) is 5.75 Å². The molecule has 0 aliphatic rings. The summed E-state index contributed by atoms with van der Waals surface area (Å²) in [4.78, 5) is 31.0. The first-order valence-corrected chi connectivity index (χ1v) is 21.8. The number of aryl methyl sites for hydroxylation is 4. The fourth-order valence-corrected chi connectivity index (χ4v) is 8.78. The van der Waals surface area contributed by atoms with Crippen molar-refractivity contribution in [3.05, 3.63) is 153 Å². The molecule has 9 nitrogen and oxygen atoms in total. The van der Waals surface area contributed by atoms with E-state index in [1.54, 1.807) is 12.1 Å². The van der Waals surface area contributed by atoms with Gasteiger partial charge in [0.1, 0.15) is 11.5 Å².